The normalized spacial score (nSPS) is 25.2. The SMILES string of the molecule is CCc1ccc(C2CC(c3nc(CCOC)no3)CN(C(O)N3CCS(=O)(=O)CC3)C2)cc1. The van der Waals surface area contributed by atoms with Crippen LogP contribution in [0, 0.1) is 0 Å². The average molecular weight is 479 g/mol. The van der Waals surface area contributed by atoms with Gasteiger partial charge in [0.15, 0.2) is 22.0 Å². The molecule has 2 aromatic rings. The lowest BCUT2D eigenvalue weighted by Crippen LogP contribution is -2.56. The molecule has 3 unspecified atom stereocenters. The molecule has 1 N–H and O–H groups in total. The summed E-state index contributed by atoms with van der Waals surface area (Å²) in [6.45, 7) is 4.58. The second-order valence-corrected chi connectivity index (χ2v) is 11.3. The number of aliphatic hydroxyl groups is 1. The first-order chi connectivity index (χ1) is 15.9. The van der Waals surface area contributed by atoms with Crippen molar-refractivity contribution in [1.82, 2.24) is 19.9 Å². The summed E-state index contributed by atoms with van der Waals surface area (Å²) in [4.78, 5) is 8.46. The topological polar surface area (TPSA) is 109 Å². The number of hydrogen-bond donors (Lipinski definition) is 1. The van der Waals surface area contributed by atoms with Gasteiger partial charge in [-0.15, -0.1) is 0 Å². The van der Waals surface area contributed by atoms with Gasteiger partial charge in [0, 0.05) is 39.7 Å². The second-order valence-electron chi connectivity index (χ2n) is 9.00. The molecule has 1 aromatic carbocycles. The minimum atomic E-state index is -3.01. The van der Waals surface area contributed by atoms with E-state index >= 15 is 0 Å². The van der Waals surface area contributed by atoms with Crippen molar-refractivity contribution in [3.8, 4) is 0 Å². The smallest absolute Gasteiger partial charge is 0.231 e. The summed E-state index contributed by atoms with van der Waals surface area (Å²) in [6, 6.07) is 8.65. The van der Waals surface area contributed by atoms with Gasteiger partial charge in [-0.25, -0.2) is 8.42 Å². The van der Waals surface area contributed by atoms with Crippen molar-refractivity contribution >= 4 is 9.84 Å². The highest BCUT2D eigenvalue weighted by atomic mass is 32.2. The van der Waals surface area contributed by atoms with Crippen LogP contribution in [0.1, 0.15) is 48.0 Å². The van der Waals surface area contributed by atoms with Gasteiger partial charge in [-0.3, -0.25) is 9.80 Å². The number of nitrogens with zero attached hydrogens (tertiary/aromatic N) is 4. The molecule has 182 valence electrons. The van der Waals surface area contributed by atoms with E-state index in [4.69, 9.17) is 9.26 Å². The first kappa shape index (κ1) is 24.3. The molecule has 33 heavy (non-hydrogen) atoms. The Morgan fingerprint density at radius 2 is 1.85 bits per heavy atom. The molecule has 1 aromatic heterocycles. The van der Waals surface area contributed by atoms with E-state index in [1.165, 1.54) is 11.1 Å². The van der Waals surface area contributed by atoms with Gasteiger partial charge in [0.2, 0.25) is 5.89 Å². The van der Waals surface area contributed by atoms with Gasteiger partial charge in [-0.2, -0.15) is 4.98 Å². The van der Waals surface area contributed by atoms with Crippen molar-refractivity contribution in [2.75, 3.05) is 51.4 Å². The van der Waals surface area contributed by atoms with Gasteiger partial charge in [0.05, 0.1) is 24.0 Å². The molecule has 10 heteroatoms. The minimum Gasteiger partial charge on any atom is -0.384 e. The summed E-state index contributed by atoms with van der Waals surface area (Å²) in [5.74, 6) is 1.52. The number of aliphatic hydroxyl groups excluding tert-OH is 1. The molecule has 0 bridgehead atoms. The summed E-state index contributed by atoms with van der Waals surface area (Å²) < 4.78 is 34.4. The Bertz CT molecular complexity index is 996. The number of likely N-dealkylation sites (tertiary alicyclic amines) is 1. The third kappa shape index (κ3) is 5.99. The van der Waals surface area contributed by atoms with Crippen molar-refractivity contribution in [1.29, 1.82) is 0 Å². The van der Waals surface area contributed by atoms with E-state index in [2.05, 4.69) is 41.3 Å². The van der Waals surface area contributed by atoms with E-state index in [0.717, 1.165) is 12.8 Å². The molecular formula is C23H34N4O5S. The van der Waals surface area contributed by atoms with Crippen LogP contribution in [-0.2, 0) is 27.4 Å². The number of benzene rings is 1. The van der Waals surface area contributed by atoms with Crippen LogP contribution in [0.15, 0.2) is 28.8 Å². The van der Waals surface area contributed by atoms with Gasteiger partial charge >= 0.3 is 0 Å². The van der Waals surface area contributed by atoms with Gasteiger partial charge in [-0.1, -0.05) is 36.3 Å². The van der Waals surface area contributed by atoms with Crippen LogP contribution >= 0.6 is 0 Å². The van der Waals surface area contributed by atoms with Crippen LogP contribution in [-0.4, -0.2) is 91.2 Å². The van der Waals surface area contributed by atoms with Gasteiger partial charge < -0.3 is 14.4 Å². The van der Waals surface area contributed by atoms with Crippen LogP contribution in [0.3, 0.4) is 0 Å². The van der Waals surface area contributed by atoms with Crippen LogP contribution < -0.4 is 0 Å². The number of piperidine rings is 1. The van der Waals surface area contributed by atoms with E-state index in [1.54, 1.807) is 7.11 Å². The van der Waals surface area contributed by atoms with E-state index in [9.17, 15) is 13.5 Å². The number of methoxy groups -OCH3 is 1. The quantitative estimate of drug-likeness (QED) is 0.602. The first-order valence-electron chi connectivity index (χ1n) is 11.7. The molecule has 2 aliphatic rings. The first-order valence-corrected chi connectivity index (χ1v) is 13.5. The minimum absolute atomic E-state index is 0.0263. The van der Waals surface area contributed by atoms with E-state index < -0.39 is 16.2 Å². The van der Waals surface area contributed by atoms with Crippen molar-refractivity contribution in [3.63, 3.8) is 0 Å². The van der Waals surface area contributed by atoms with Crippen molar-refractivity contribution < 1.29 is 22.8 Å². The predicted molar refractivity (Wildman–Crippen MR) is 124 cm³/mol. The summed E-state index contributed by atoms with van der Waals surface area (Å²) in [5, 5.41) is 15.3. The van der Waals surface area contributed by atoms with Crippen LogP contribution in [0.2, 0.25) is 0 Å². The Balaban J connectivity index is 1.54. The number of rotatable bonds is 8. The molecule has 3 heterocycles. The Hall–Kier alpha value is -1.85. The number of hydrogen-bond acceptors (Lipinski definition) is 9. The van der Waals surface area contributed by atoms with Crippen LogP contribution in [0.5, 0.6) is 0 Å². The molecule has 0 amide bonds. The maximum Gasteiger partial charge on any atom is 0.231 e. The Morgan fingerprint density at radius 1 is 1.15 bits per heavy atom. The third-order valence-corrected chi connectivity index (χ3v) is 8.34. The van der Waals surface area contributed by atoms with Gasteiger partial charge in [0.25, 0.3) is 0 Å². The number of aryl methyl sites for hydroxylation is 1. The van der Waals surface area contributed by atoms with E-state index in [0.29, 0.717) is 50.9 Å². The molecule has 3 atom stereocenters. The maximum absolute atomic E-state index is 11.8. The van der Waals surface area contributed by atoms with Crippen LogP contribution in [0.25, 0.3) is 0 Å². The Labute approximate surface area is 195 Å². The van der Waals surface area contributed by atoms with E-state index in [1.807, 2.05) is 9.80 Å². The lowest BCUT2D eigenvalue weighted by molar-refractivity contribution is -0.121. The monoisotopic (exact) mass is 478 g/mol. The summed E-state index contributed by atoms with van der Waals surface area (Å²) in [7, 11) is -1.37. The molecular weight excluding hydrogens is 444 g/mol. The molecule has 4 rings (SSSR count). The van der Waals surface area contributed by atoms with Crippen molar-refractivity contribution in [2.24, 2.45) is 0 Å². The largest absolute Gasteiger partial charge is 0.384 e. The zero-order chi connectivity index (χ0) is 23.4. The van der Waals surface area contributed by atoms with Crippen LogP contribution in [0.4, 0.5) is 0 Å². The zero-order valence-corrected chi connectivity index (χ0v) is 20.2. The fraction of sp³-hybridized carbons (Fsp3) is 0.652. The van der Waals surface area contributed by atoms with E-state index in [-0.39, 0.29) is 23.3 Å². The fourth-order valence-electron chi connectivity index (χ4n) is 4.68. The van der Waals surface area contributed by atoms with Crippen molar-refractivity contribution in [3.05, 3.63) is 47.1 Å². The lowest BCUT2D eigenvalue weighted by atomic mass is 9.84. The average Bonchev–Trinajstić information content (AvgIpc) is 3.31. The molecule has 0 spiro atoms. The zero-order valence-electron chi connectivity index (χ0n) is 19.4. The third-order valence-electron chi connectivity index (χ3n) is 6.73. The molecule has 0 radical (unpaired) electrons. The second kappa shape index (κ2) is 10.6. The summed E-state index contributed by atoms with van der Waals surface area (Å²) in [6.07, 6.45) is 1.57. The summed E-state index contributed by atoms with van der Waals surface area (Å²) >= 11 is 0. The highest BCUT2D eigenvalue weighted by Gasteiger charge is 2.38. The highest BCUT2D eigenvalue weighted by Crippen LogP contribution is 2.36. The summed E-state index contributed by atoms with van der Waals surface area (Å²) in [5.41, 5.74) is 2.51. The number of ether oxygens (including phenoxy) is 1. The maximum atomic E-state index is 11.8. The molecule has 2 fully saturated rings. The van der Waals surface area contributed by atoms with Gasteiger partial charge in [0.1, 0.15) is 0 Å². The molecule has 9 nitrogen and oxygen atoms in total. The Kier molecular flexibility index (Phi) is 7.80. The molecule has 2 saturated heterocycles. The molecule has 2 aliphatic heterocycles. The predicted octanol–water partition coefficient (Wildman–Crippen LogP) is 1.40. The van der Waals surface area contributed by atoms with Gasteiger partial charge in [-0.05, 0) is 29.9 Å². The highest BCUT2D eigenvalue weighted by molar-refractivity contribution is 7.91. The number of aromatic nitrogens is 2. The fourth-order valence-corrected chi connectivity index (χ4v) is 5.91. The molecule has 0 aliphatic carbocycles. The lowest BCUT2D eigenvalue weighted by Gasteiger charge is -2.43. The van der Waals surface area contributed by atoms with Crippen molar-refractivity contribution in [2.45, 2.75) is 44.4 Å². The molecule has 0 saturated carbocycles. The standard InChI is InChI=1S/C23H34N4O5S/c1-3-17-4-6-18(7-5-17)19-14-20(22-24-21(25-32-22)8-11-31-2)16-27(15-19)23(28)26-9-12-33(29,30)13-10-26/h4-7,19-20,23,28H,3,8-16H2,1-2H3. The Morgan fingerprint density at radius 3 is 2.52 bits per heavy atom. The number of sulfone groups is 1.